The molecule has 0 spiro atoms. The van der Waals surface area contributed by atoms with Crippen LogP contribution in [0.3, 0.4) is 0 Å². The number of amides is 1. The second kappa shape index (κ2) is 8.05. The van der Waals surface area contributed by atoms with E-state index in [0.29, 0.717) is 15.1 Å². The van der Waals surface area contributed by atoms with E-state index < -0.39 is 0 Å². The second-order valence-corrected chi connectivity index (χ2v) is 7.78. The number of nitrogens with zero attached hydrogens (tertiary/aromatic N) is 2. The zero-order valence-corrected chi connectivity index (χ0v) is 16.7. The van der Waals surface area contributed by atoms with Crippen LogP contribution >= 0.6 is 23.4 Å². The second-order valence-electron chi connectivity index (χ2n) is 6.33. The van der Waals surface area contributed by atoms with Crippen LogP contribution in [0, 0.1) is 0 Å². The Bertz CT molecular complexity index is 1060. The number of rotatable bonds is 3. The maximum atomic E-state index is 12.6. The summed E-state index contributed by atoms with van der Waals surface area (Å²) >= 11 is 7.29. The molecular weight excluding hydrogens is 388 g/mol. The fraction of sp³-hybridized carbons (Fsp3) is 0.0435. The molecule has 138 valence electrons. The molecule has 0 N–H and O–H groups in total. The minimum Gasteiger partial charge on any atom is -0.290 e. The number of likely N-dealkylation sites (N-methyl/N-ethyl adjacent to an activating group) is 1. The smallest absolute Gasteiger partial charge is 0.266 e. The molecule has 3 aromatic rings. The SMILES string of the molecule is CN1C(=O)C(=Cc2ccc(-c3ccccc3)cc2)SC1=Nc1ccc(Cl)cc1. The van der Waals surface area contributed by atoms with Crippen LogP contribution in [-0.4, -0.2) is 23.0 Å². The number of amidine groups is 1. The molecular formula is C23H17ClN2OS. The summed E-state index contributed by atoms with van der Waals surface area (Å²) in [7, 11) is 1.74. The van der Waals surface area contributed by atoms with E-state index >= 15 is 0 Å². The molecule has 1 saturated heterocycles. The first-order valence-corrected chi connectivity index (χ1v) is 9.97. The van der Waals surface area contributed by atoms with Crippen LogP contribution in [0.2, 0.25) is 5.02 Å². The molecule has 0 radical (unpaired) electrons. The summed E-state index contributed by atoms with van der Waals surface area (Å²) < 4.78 is 0. The Morgan fingerprint density at radius 3 is 2.21 bits per heavy atom. The van der Waals surface area contributed by atoms with Gasteiger partial charge in [0.1, 0.15) is 0 Å². The van der Waals surface area contributed by atoms with Gasteiger partial charge in [0, 0.05) is 12.1 Å². The predicted molar refractivity (Wildman–Crippen MR) is 119 cm³/mol. The van der Waals surface area contributed by atoms with Crippen molar-refractivity contribution >= 4 is 46.2 Å². The summed E-state index contributed by atoms with van der Waals surface area (Å²) in [5.41, 5.74) is 4.07. The molecule has 1 heterocycles. The molecule has 0 bridgehead atoms. The van der Waals surface area contributed by atoms with Crippen molar-refractivity contribution in [3.63, 3.8) is 0 Å². The van der Waals surface area contributed by atoms with Crippen molar-refractivity contribution in [3.8, 4) is 11.1 Å². The average molecular weight is 405 g/mol. The van der Waals surface area contributed by atoms with Gasteiger partial charge in [-0.05, 0) is 58.8 Å². The first-order chi connectivity index (χ1) is 13.6. The van der Waals surface area contributed by atoms with Crippen LogP contribution in [0.25, 0.3) is 17.2 Å². The van der Waals surface area contributed by atoms with E-state index in [2.05, 4.69) is 29.3 Å². The van der Waals surface area contributed by atoms with Crippen molar-refractivity contribution in [2.24, 2.45) is 4.99 Å². The van der Waals surface area contributed by atoms with Gasteiger partial charge in [0.2, 0.25) is 0 Å². The van der Waals surface area contributed by atoms with Gasteiger partial charge >= 0.3 is 0 Å². The Kier molecular flexibility index (Phi) is 5.33. The summed E-state index contributed by atoms with van der Waals surface area (Å²) in [5, 5.41) is 1.31. The van der Waals surface area contributed by atoms with Gasteiger partial charge in [-0.2, -0.15) is 0 Å². The third kappa shape index (κ3) is 4.03. The van der Waals surface area contributed by atoms with Crippen LogP contribution in [0.15, 0.2) is 88.8 Å². The third-order valence-corrected chi connectivity index (χ3v) is 5.68. The van der Waals surface area contributed by atoms with E-state index in [0.717, 1.165) is 16.8 Å². The number of benzene rings is 3. The molecule has 0 saturated carbocycles. The summed E-state index contributed by atoms with van der Waals surface area (Å²) in [6.07, 6.45) is 1.91. The van der Waals surface area contributed by atoms with Gasteiger partial charge in [0.25, 0.3) is 5.91 Å². The van der Waals surface area contributed by atoms with E-state index in [-0.39, 0.29) is 5.91 Å². The average Bonchev–Trinajstić information content (AvgIpc) is 2.99. The number of halogens is 1. The lowest BCUT2D eigenvalue weighted by Gasteiger charge is -2.07. The zero-order valence-electron chi connectivity index (χ0n) is 15.2. The molecule has 1 amide bonds. The summed E-state index contributed by atoms with van der Waals surface area (Å²) in [4.78, 5) is 19.4. The lowest BCUT2D eigenvalue weighted by Crippen LogP contribution is -2.23. The molecule has 0 atom stereocenters. The molecule has 28 heavy (non-hydrogen) atoms. The van der Waals surface area contributed by atoms with Crippen molar-refractivity contribution in [2.45, 2.75) is 0 Å². The van der Waals surface area contributed by atoms with E-state index in [9.17, 15) is 4.79 Å². The molecule has 3 nitrogen and oxygen atoms in total. The Balaban J connectivity index is 1.56. The maximum absolute atomic E-state index is 12.6. The molecule has 0 aliphatic carbocycles. The third-order valence-electron chi connectivity index (χ3n) is 4.37. The van der Waals surface area contributed by atoms with E-state index in [1.54, 1.807) is 24.1 Å². The van der Waals surface area contributed by atoms with Gasteiger partial charge < -0.3 is 0 Å². The minimum absolute atomic E-state index is 0.0511. The van der Waals surface area contributed by atoms with Crippen molar-refractivity contribution < 1.29 is 4.79 Å². The fourth-order valence-corrected chi connectivity index (χ4v) is 3.94. The number of hydrogen-bond acceptors (Lipinski definition) is 3. The van der Waals surface area contributed by atoms with Gasteiger partial charge in [0.15, 0.2) is 5.17 Å². The zero-order chi connectivity index (χ0) is 19.5. The van der Waals surface area contributed by atoms with E-state index in [1.807, 2.05) is 48.5 Å². The first-order valence-electron chi connectivity index (χ1n) is 8.77. The number of carbonyl (C=O) groups excluding carboxylic acids is 1. The highest BCUT2D eigenvalue weighted by atomic mass is 35.5. The number of thioether (sulfide) groups is 1. The predicted octanol–water partition coefficient (Wildman–Crippen LogP) is 6.24. The van der Waals surface area contributed by atoms with Gasteiger partial charge in [-0.15, -0.1) is 0 Å². The summed E-state index contributed by atoms with van der Waals surface area (Å²) in [6, 6.07) is 25.6. The standard InChI is InChI=1S/C23H17ClN2OS/c1-26-22(27)21(28-23(26)25-20-13-11-19(24)12-14-20)15-16-7-9-18(10-8-16)17-5-3-2-4-6-17/h2-15H,1H3. The van der Waals surface area contributed by atoms with E-state index in [4.69, 9.17) is 11.6 Å². The van der Waals surface area contributed by atoms with Crippen molar-refractivity contribution in [1.29, 1.82) is 0 Å². The Hall–Kier alpha value is -2.82. The highest BCUT2D eigenvalue weighted by molar-refractivity contribution is 8.18. The topological polar surface area (TPSA) is 32.7 Å². The molecule has 4 rings (SSSR count). The van der Waals surface area contributed by atoms with Crippen molar-refractivity contribution in [3.05, 3.63) is 94.4 Å². The Morgan fingerprint density at radius 2 is 1.54 bits per heavy atom. The Morgan fingerprint density at radius 1 is 0.893 bits per heavy atom. The molecule has 0 unspecified atom stereocenters. The number of aliphatic imine (C=N–C) groups is 1. The van der Waals surface area contributed by atoms with Gasteiger partial charge in [-0.25, -0.2) is 4.99 Å². The molecule has 3 aromatic carbocycles. The van der Waals surface area contributed by atoms with Crippen LogP contribution in [0.5, 0.6) is 0 Å². The first kappa shape index (κ1) is 18.5. The normalized spacial score (nSPS) is 16.9. The monoisotopic (exact) mass is 404 g/mol. The molecule has 0 aromatic heterocycles. The van der Waals surface area contributed by atoms with Crippen LogP contribution in [-0.2, 0) is 4.79 Å². The quantitative estimate of drug-likeness (QED) is 0.484. The minimum atomic E-state index is -0.0511. The van der Waals surface area contributed by atoms with Gasteiger partial charge in [0.05, 0.1) is 10.6 Å². The van der Waals surface area contributed by atoms with Crippen LogP contribution in [0.1, 0.15) is 5.56 Å². The molecule has 1 fully saturated rings. The highest BCUT2D eigenvalue weighted by Gasteiger charge is 2.30. The van der Waals surface area contributed by atoms with Gasteiger partial charge in [-0.1, -0.05) is 66.2 Å². The summed E-state index contributed by atoms with van der Waals surface area (Å²) in [6.45, 7) is 0. The Labute approximate surface area is 173 Å². The van der Waals surface area contributed by atoms with Crippen molar-refractivity contribution in [1.82, 2.24) is 4.90 Å². The molecule has 1 aliphatic rings. The summed E-state index contributed by atoms with van der Waals surface area (Å²) in [5.74, 6) is -0.0511. The van der Waals surface area contributed by atoms with Crippen LogP contribution < -0.4 is 0 Å². The van der Waals surface area contributed by atoms with E-state index in [1.165, 1.54) is 17.3 Å². The molecule has 1 aliphatic heterocycles. The lowest BCUT2D eigenvalue weighted by molar-refractivity contribution is -0.121. The number of carbonyl (C=O) groups is 1. The fourth-order valence-electron chi connectivity index (χ4n) is 2.83. The lowest BCUT2D eigenvalue weighted by atomic mass is 10.0. The van der Waals surface area contributed by atoms with Crippen LogP contribution in [0.4, 0.5) is 5.69 Å². The number of hydrogen-bond donors (Lipinski definition) is 0. The highest BCUT2D eigenvalue weighted by Crippen LogP contribution is 2.33. The maximum Gasteiger partial charge on any atom is 0.266 e. The van der Waals surface area contributed by atoms with Gasteiger partial charge in [-0.3, -0.25) is 9.69 Å². The van der Waals surface area contributed by atoms with Crippen molar-refractivity contribution in [2.75, 3.05) is 7.05 Å². The largest absolute Gasteiger partial charge is 0.290 e. The molecule has 5 heteroatoms.